The Balaban J connectivity index is 2.08. The largest absolute Gasteiger partial charge is 0.296 e. The molecule has 1 heterocycles. The van der Waals surface area contributed by atoms with Crippen LogP contribution in [0.15, 0.2) is 40.1 Å². The van der Waals surface area contributed by atoms with Crippen LogP contribution in [-0.2, 0) is 5.54 Å². The van der Waals surface area contributed by atoms with Crippen molar-refractivity contribution >= 4 is 23.1 Å². The first-order valence-corrected chi connectivity index (χ1v) is 8.83. The summed E-state index contributed by atoms with van der Waals surface area (Å²) in [6.45, 7) is 4.80. The lowest BCUT2D eigenvalue weighted by atomic mass is 9.88. The van der Waals surface area contributed by atoms with Crippen molar-refractivity contribution in [3.63, 3.8) is 0 Å². The van der Waals surface area contributed by atoms with Gasteiger partial charge in [-0.3, -0.25) is 5.32 Å². The highest BCUT2D eigenvalue weighted by molar-refractivity contribution is 8.01. The molecule has 0 aliphatic carbocycles. The minimum atomic E-state index is -0.616. The van der Waals surface area contributed by atoms with E-state index in [1.165, 1.54) is 0 Å². The van der Waals surface area contributed by atoms with Crippen molar-refractivity contribution < 1.29 is 0 Å². The van der Waals surface area contributed by atoms with E-state index >= 15 is 0 Å². The predicted octanol–water partition coefficient (Wildman–Crippen LogP) is 3.96. The maximum Gasteiger partial charge on any atom is 0.150 e. The van der Waals surface area contributed by atoms with Crippen LogP contribution in [0, 0.1) is 18.3 Å². The lowest BCUT2D eigenvalue weighted by Gasteiger charge is -2.27. The van der Waals surface area contributed by atoms with E-state index in [1.807, 2.05) is 44.2 Å². The number of thiazole rings is 1. The van der Waals surface area contributed by atoms with Gasteiger partial charge in [0.05, 0.1) is 6.07 Å². The summed E-state index contributed by atoms with van der Waals surface area (Å²) in [6.07, 6.45) is 0.755. The monoisotopic (exact) mass is 317 g/mol. The lowest BCUT2D eigenvalue weighted by molar-refractivity contribution is 0.428. The highest BCUT2D eigenvalue weighted by Gasteiger charge is 2.30. The average Bonchev–Trinajstić information content (AvgIpc) is 2.93. The molecule has 110 valence electrons. The normalized spacial score (nSPS) is 13.6. The first-order chi connectivity index (χ1) is 10.2. The number of nitrogens with zero attached hydrogens (tertiary/aromatic N) is 2. The van der Waals surface area contributed by atoms with E-state index in [0.29, 0.717) is 0 Å². The van der Waals surface area contributed by atoms with Crippen LogP contribution in [0.25, 0.3) is 0 Å². The Kier molecular flexibility index (Phi) is 5.80. The van der Waals surface area contributed by atoms with Crippen LogP contribution in [0.5, 0.6) is 0 Å². The molecule has 2 aromatic rings. The first kappa shape index (κ1) is 16.0. The Morgan fingerprint density at radius 2 is 2.14 bits per heavy atom. The van der Waals surface area contributed by atoms with Gasteiger partial charge < -0.3 is 0 Å². The summed E-state index contributed by atoms with van der Waals surface area (Å²) in [7, 11) is 0. The summed E-state index contributed by atoms with van der Waals surface area (Å²) in [5.41, 5.74) is 1.48. The fourth-order valence-corrected chi connectivity index (χ4v) is 4.19. The summed E-state index contributed by atoms with van der Waals surface area (Å²) in [6, 6.07) is 12.5. The highest BCUT2D eigenvalue weighted by Crippen LogP contribution is 2.30. The second-order valence-corrected chi connectivity index (χ2v) is 6.97. The SMILES string of the molecule is CCNC(C#N)(CCSc1nc(C)cs1)c1ccccc1. The molecule has 1 atom stereocenters. The smallest absolute Gasteiger partial charge is 0.150 e. The molecule has 3 nitrogen and oxygen atoms in total. The molecule has 5 heteroatoms. The molecular formula is C16H19N3S2. The number of aryl methyl sites for hydroxylation is 1. The molecule has 1 N–H and O–H groups in total. The summed E-state index contributed by atoms with van der Waals surface area (Å²) >= 11 is 3.39. The number of nitrogens with one attached hydrogen (secondary N) is 1. The van der Waals surface area contributed by atoms with E-state index in [1.54, 1.807) is 23.1 Å². The van der Waals surface area contributed by atoms with E-state index < -0.39 is 5.54 Å². The fourth-order valence-electron chi connectivity index (χ4n) is 2.21. The Bertz CT molecular complexity index is 603. The van der Waals surface area contributed by atoms with Crippen LogP contribution < -0.4 is 5.32 Å². The number of nitriles is 1. The van der Waals surface area contributed by atoms with Crippen molar-refractivity contribution in [1.82, 2.24) is 10.3 Å². The van der Waals surface area contributed by atoms with Gasteiger partial charge in [0.1, 0.15) is 9.88 Å². The molecule has 0 amide bonds. The molecule has 1 aromatic carbocycles. The zero-order chi connectivity index (χ0) is 15.1. The molecule has 2 rings (SSSR count). The average molecular weight is 317 g/mol. The molecule has 1 aromatic heterocycles. The van der Waals surface area contributed by atoms with Crippen LogP contribution in [-0.4, -0.2) is 17.3 Å². The van der Waals surface area contributed by atoms with Crippen LogP contribution >= 0.6 is 23.1 Å². The van der Waals surface area contributed by atoms with Crippen LogP contribution in [0.2, 0.25) is 0 Å². The van der Waals surface area contributed by atoms with Gasteiger partial charge in [-0.05, 0) is 25.5 Å². The third-order valence-corrected chi connectivity index (χ3v) is 5.38. The Morgan fingerprint density at radius 1 is 1.38 bits per heavy atom. The Hall–Kier alpha value is -1.35. The molecule has 0 aliphatic heterocycles. The standard InChI is InChI=1S/C16H19N3S2/c1-3-18-16(12-17,14-7-5-4-6-8-14)9-10-20-15-19-13(2)11-21-15/h4-8,11,18H,3,9-10H2,1-2H3. The van der Waals surface area contributed by atoms with Gasteiger partial charge in [0.15, 0.2) is 0 Å². The molecule has 21 heavy (non-hydrogen) atoms. The Morgan fingerprint density at radius 3 is 2.71 bits per heavy atom. The van der Waals surface area contributed by atoms with Crippen molar-refractivity contribution in [2.24, 2.45) is 0 Å². The summed E-state index contributed by atoms with van der Waals surface area (Å²) in [5, 5.41) is 15.1. The minimum absolute atomic E-state index is 0.616. The van der Waals surface area contributed by atoms with Gasteiger partial charge in [-0.1, -0.05) is 49.0 Å². The third-order valence-electron chi connectivity index (χ3n) is 3.24. The number of thioether (sulfide) groups is 1. The number of benzene rings is 1. The van der Waals surface area contributed by atoms with Crippen LogP contribution in [0.1, 0.15) is 24.6 Å². The van der Waals surface area contributed by atoms with Crippen LogP contribution in [0.4, 0.5) is 0 Å². The number of aromatic nitrogens is 1. The number of hydrogen-bond donors (Lipinski definition) is 1. The zero-order valence-electron chi connectivity index (χ0n) is 12.3. The maximum atomic E-state index is 9.73. The van der Waals surface area contributed by atoms with Gasteiger partial charge in [-0.25, -0.2) is 4.98 Å². The molecule has 0 spiro atoms. The van der Waals surface area contributed by atoms with E-state index in [4.69, 9.17) is 0 Å². The summed E-state index contributed by atoms with van der Waals surface area (Å²) in [5.74, 6) is 0.863. The second-order valence-electron chi connectivity index (χ2n) is 4.77. The number of rotatable bonds is 7. The van der Waals surface area contributed by atoms with E-state index in [9.17, 15) is 5.26 Å². The van der Waals surface area contributed by atoms with E-state index in [-0.39, 0.29) is 0 Å². The van der Waals surface area contributed by atoms with Gasteiger partial charge in [-0.15, -0.1) is 11.3 Å². The van der Waals surface area contributed by atoms with Gasteiger partial charge >= 0.3 is 0 Å². The van der Waals surface area contributed by atoms with Gasteiger partial charge in [0.25, 0.3) is 0 Å². The Labute approximate surface area is 134 Å². The quantitative estimate of drug-likeness (QED) is 0.785. The van der Waals surface area contributed by atoms with Gasteiger partial charge in [0.2, 0.25) is 0 Å². The van der Waals surface area contributed by atoms with E-state index in [2.05, 4.69) is 21.8 Å². The first-order valence-electron chi connectivity index (χ1n) is 6.97. The van der Waals surface area contributed by atoms with Crippen molar-refractivity contribution in [2.75, 3.05) is 12.3 Å². The summed E-state index contributed by atoms with van der Waals surface area (Å²) < 4.78 is 1.07. The third kappa shape index (κ3) is 4.07. The molecule has 0 bridgehead atoms. The topological polar surface area (TPSA) is 48.7 Å². The molecule has 0 aliphatic rings. The van der Waals surface area contributed by atoms with Gasteiger partial charge in [0, 0.05) is 16.8 Å². The molecular weight excluding hydrogens is 298 g/mol. The fraction of sp³-hybridized carbons (Fsp3) is 0.375. The van der Waals surface area contributed by atoms with Crippen molar-refractivity contribution in [3.8, 4) is 6.07 Å². The second kappa shape index (κ2) is 7.60. The summed E-state index contributed by atoms with van der Waals surface area (Å²) in [4.78, 5) is 4.45. The maximum absolute atomic E-state index is 9.73. The molecule has 0 saturated heterocycles. The highest BCUT2D eigenvalue weighted by atomic mass is 32.2. The lowest BCUT2D eigenvalue weighted by Crippen LogP contribution is -2.41. The van der Waals surface area contributed by atoms with Crippen molar-refractivity contribution in [2.45, 2.75) is 30.1 Å². The van der Waals surface area contributed by atoms with Crippen molar-refractivity contribution in [3.05, 3.63) is 47.0 Å². The molecule has 0 fully saturated rings. The van der Waals surface area contributed by atoms with Crippen LogP contribution in [0.3, 0.4) is 0 Å². The number of hydrogen-bond acceptors (Lipinski definition) is 5. The van der Waals surface area contributed by atoms with E-state index in [0.717, 1.165) is 34.3 Å². The molecule has 1 unspecified atom stereocenters. The minimum Gasteiger partial charge on any atom is -0.296 e. The predicted molar refractivity (Wildman–Crippen MR) is 89.6 cm³/mol. The van der Waals surface area contributed by atoms with Gasteiger partial charge in [-0.2, -0.15) is 5.26 Å². The zero-order valence-corrected chi connectivity index (χ0v) is 13.9. The molecule has 0 saturated carbocycles. The van der Waals surface area contributed by atoms with Crippen molar-refractivity contribution in [1.29, 1.82) is 5.26 Å². The molecule has 0 radical (unpaired) electrons.